The molecule has 2 N–H and O–H groups in total. The lowest BCUT2D eigenvalue weighted by molar-refractivity contribution is 0.0764. The van der Waals surface area contributed by atoms with Gasteiger partial charge in [0.2, 0.25) is 0 Å². The zero-order chi connectivity index (χ0) is 23.7. The van der Waals surface area contributed by atoms with Crippen molar-refractivity contribution >= 4 is 5.91 Å². The van der Waals surface area contributed by atoms with Gasteiger partial charge in [-0.2, -0.15) is 5.10 Å². The van der Waals surface area contributed by atoms with E-state index < -0.39 is 6.04 Å². The number of aryl methyl sites for hydroxylation is 2. The molecule has 2 heterocycles. The van der Waals surface area contributed by atoms with Crippen LogP contribution in [0.5, 0.6) is 17.2 Å². The molecule has 0 saturated carbocycles. The number of benzene rings is 2. The number of nitrogens with one attached hydrogen (secondary N) is 1. The molecule has 7 heteroatoms. The molecule has 0 bridgehead atoms. The number of hydrogen-bond donors (Lipinski definition) is 2. The topological polar surface area (TPSA) is 87.7 Å². The lowest BCUT2D eigenvalue weighted by Gasteiger charge is -2.26. The highest BCUT2D eigenvalue weighted by Gasteiger charge is 2.42. The van der Waals surface area contributed by atoms with Crippen molar-refractivity contribution in [2.45, 2.75) is 19.9 Å². The van der Waals surface area contributed by atoms with Gasteiger partial charge < -0.3 is 19.5 Å². The number of amides is 1. The van der Waals surface area contributed by atoms with Crippen molar-refractivity contribution in [1.29, 1.82) is 0 Å². The van der Waals surface area contributed by atoms with E-state index in [-0.39, 0.29) is 11.7 Å². The fourth-order valence-corrected chi connectivity index (χ4v) is 4.34. The number of fused-ring (bicyclic) bond motifs is 1. The van der Waals surface area contributed by atoms with Crippen molar-refractivity contribution in [2.75, 3.05) is 20.3 Å². The molecular formula is C26H27N3O4. The number of phenolic OH excluding ortho intramolecular Hbond substituents is 1. The highest BCUT2D eigenvalue weighted by Crippen LogP contribution is 2.46. The van der Waals surface area contributed by atoms with Crippen molar-refractivity contribution in [3.8, 4) is 28.5 Å². The Balaban J connectivity index is 1.90. The number of rotatable bonds is 8. The van der Waals surface area contributed by atoms with Gasteiger partial charge in [-0.05, 0) is 48.7 Å². The van der Waals surface area contributed by atoms with Crippen LogP contribution in [0.4, 0.5) is 0 Å². The van der Waals surface area contributed by atoms with Crippen LogP contribution in [-0.2, 0) is 0 Å². The SMILES string of the molecule is C=CCOc1ccc(C2c3c(-c4cc(C)cc(C)c4O)n[nH]c3C(=O)N2CC=C)cc1OC. The van der Waals surface area contributed by atoms with Gasteiger partial charge in [0.25, 0.3) is 5.91 Å². The van der Waals surface area contributed by atoms with Gasteiger partial charge in [-0.15, -0.1) is 6.58 Å². The van der Waals surface area contributed by atoms with Crippen LogP contribution in [0.2, 0.25) is 0 Å². The van der Waals surface area contributed by atoms with E-state index in [1.807, 2.05) is 44.2 Å². The number of carbonyl (C=O) groups excluding carboxylic acids is 1. The van der Waals surface area contributed by atoms with Gasteiger partial charge in [-0.1, -0.05) is 30.9 Å². The summed E-state index contributed by atoms with van der Waals surface area (Å²) < 4.78 is 11.2. The second-order valence-electron chi connectivity index (χ2n) is 8.00. The third-order valence-electron chi connectivity index (χ3n) is 5.75. The first-order chi connectivity index (χ1) is 15.9. The minimum Gasteiger partial charge on any atom is -0.507 e. The average Bonchev–Trinajstić information content (AvgIpc) is 3.34. The molecule has 1 aromatic heterocycles. The molecular weight excluding hydrogens is 418 g/mol. The normalized spacial score (nSPS) is 14.8. The number of methoxy groups -OCH3 is 1. The van der Waals surface area contributed by atoms with Crippen LogP contribution in [-0.4, -0.2) is 46.4 Å². The van der Waals surface area contributed by atoms with Gasteiger partial charge >= 0.3 is 0 Å². The highest BCUT2D eigenvalue weighted by atomic mass is 16.5. The predicted molar refractivity (Wildman–Crippen MR) is 127 cm³/mol. The first-order valence-corrected chi connectivity index (χ1v) is 10.6. The van der Waals surface area contributed by atoms with Crippen LogP contribution in [0.15, 0.2) is 55.6 Å². The molecule has 0 spiro atoms. The van der Waals surface area contributed by atoms with Gasteiger partial charge in [-0.3, -0.25) is 9.89 Å². The number of phenols is 1. The number of ether oxygens (including phenoxy) is 2. The smallest absolute Gasteiger partial charge is 0.273 e. The Morgan fingerprint density at radius 1 is 1.18 bits per heavy atom. The van der Waals surface area contributed by atoms with Crippen LogP contribution in [0, 0.1) is 13.8 Å². The zero-order valence-electron chi connectivity index (χ0n) is 19.0. The molecule has 1 unspecified atom stereocenters. The Morgan fingerprint density at radius 2 is 1.97 bits per heavy atom. The minimum absolute atomic E-state index is 0.147. The monoisotopic (exact) mass is 445 g/mol. The fraction of sp³-hybridized carbons (Fsp3) is 0.231. The van der Waals surface area contributed by atoms with Gasteiger partial charge in [0.1, 0.15) is 23.7 Å². The van der Waals surface area contributed by atoms with E-state index in [9.17, 15) is 9.90 Å². The summed E-state index contributed by atoms with van der Waals surface area (Å²) in [4.78, 5) is 15.0. The van der Waals surface area contributed by atoms with Crippen molar-refractivity contribution in [3.63, 3.8) is 0 Å². The largest absolute Gasteiger partial charge is 0.507 e. The number of H-pyrrole nitrogens is 1. The predicted octanol–water partition coefficient (Wildman–Crippen LogP) is 4.70. The third kappa shape index (κ3) is 3.75. The Labute approximate surface area is 193 Å². The van der Waals surface area contributed by atoms with Gasteiger partial charge in [0.05, 0.1) is 13.2 Å². The molecule has 33 heavy (non-hydrogen) atoms. The second-order valence-corrected chi connectivity index (χ2v) is 8.00. The summed E-state index contributed by atoms with van der Waals surface area (Å²) in [6, 6.07) is 8.93. The number of aromatic nitrogens is 2. The summed E-state index contributed by atoms with van der Waals surface area (Å²) in [5.74, 6) is 1.10. The Hall–Kier alpha value is -4.00. The first kappa shape index (κ1) is 22.2. The molecule has 7 nitrogen and oxygen atoms in total. The molecule has 0 radical (unpaired) electrons. The first-order valence-electron chi connectivity index (χ1n) is 10.6. The van der Waals surface area contributed by atoms with Crippen LogP contribution < -0.4 is 9.47 Å². The van der Waals surface area contributed by atoms with Gasteiger partial charge in [-0.25, -0.2) is 0 Å². The molecule has 1 aliphatic rings. The summed E-state index contributed by atoms with van der Waals surface area (Å²) in [7, 11) is 1.57. The van der Waals surface area contributed by atoms with Crippen molar-refractivity contribution in [2.24, 2.45) is 0 Å². The molecule has 3 aromatic rings. The van der Waals surface area contributed by atoms with E-state index in [0.29, 0.717) is 47.2 Å². The van der Waals surface area contributed by atoms with Crippen molar-refractivity contribution in [1.82, 2.24) is 15.1 Å². The minimum atomic E-state index is -0.443. The lowest BCUT2D eigenvalue weighted by Crippen LogP contribution is -2.29. The van der Waals surface area contributed by atoms with Gasteiger partial charge in [0, 0.05) is 17.7 Å². The maximum absolute atomic E-state index is 13.3. The summed E-state index contributed by atoms with van der Waals surface area (Å²) in [6.07, 6.45) is 3.35. The summed E-state index contributed by atoms with van der Waals surface area (Å²) >= 11 is 0. The molecule has 1 amide bonds. The molecule has 1 aliphatic heterocycles. The number of hydrogen-bond acceptors (Lipinski definition) is 5. The fourth-order valence-electron chi connectivity index (χ4n) is 4.34. The summed E-state index contributed by atoms with van der Waals surface area (Å²) in [5, 5.41) is 18.2. The molecule has 4 rings (SSSR count). The van der Waals surface area contributed by atoms with E-state index in [2.05, 4.69) is 23.4 Å². The summed E-state index contributed by atoms with van der Waals surface area (Å²) in [5.41, 5.74) is 4.82. The molecule has 0 aliphatic carbocycles. The number of aromatic hydroxyl groups is 1. The molecule has 0 saturated heterocycles. The Kier molecular flexibility index (Phi) is 5.96. The van der Waals surface area contributed by atoms with Gasteiger partial charge in [0.15, 0.2) is 11.5 Å². The maximum Gasteiger partial charge on any atom is 0.273 e. The van der Waals surface area contributed by atoms with E-state index in [0.717, 1.165) is 16.7 Å². The van der Waals surface area contributed by atoms with E-state index in [4.69, 9.17) is 9.47 Å². The quantitative estimate of drug-likeness (QED) is 0.491. The summed E-state index contributed by atoms with van der Waals surface area (Å²) in [6.45, 7) is 12.0. The molecule has 2 aromatic carbocycles. The van der Waals surface area contributed by atoms with E-state index in [1.54, 1.807) is 24.2 Å². The van der Waals surface area contributed by atoms with E-state index in [1.165, 1.54) is 0 Å². The zero-order valence-corrected chi connectivity index (χ0v) is 19.0. The highest BCUT2D eigenvalue weighted by molar-refractivity contribution is 6.00. The molecule has 0 fully saturated rings. The van der Waals surface area contributed by atoms with Crippen molar-refractivity contribution < 1.29 is 19.4 Å². The lowest BCUT2D eigenvalue weighted by atomic mass is 9.94. The average molecular weight is 446 g/mol. The van der Waals surface area contributed by atoms with Crippen LogP contribution in [0.25, 0.3) is 11.3 Å². The number of aromatic amines is 1. The number of carbonyl (C=O) groups is 1. The van der Waals surface area contributed by atoms with Crippen LogP contribution in [0.1, 0.15) is 38.8 Å². The van der Waals surface area contributed by atoms with E-state index >= 15 is 0 Å². The second kappa shape index (κ2) is 8.86. The molecule has 170 valence electrons. The van der Waals surface area contributed by atoms with Crippen LogP contribution >= 0.6 is 0 Å². The standard InChI is InChI=1S/C26H27N3O4/c1-6-10-29-24(17-8-9-19(33-11-7-2)20(14-17)32-5)21-22(27-28-23(21)26(29)31)18-13-15(3)12-16(4)25(18)30/h6-9,12-14,24,30H,1-2,10-11H2,3-5H3,(H,27,28). The Bertz CT molecular complexity index is 1240. The van der Waals surface area contributed by atoms with Crippen LogP contribution in [0.3, 0.4) is 0 Å². The number of nitrogens with zero attached hydrogens (tertiary/aromatic N) is 2. The third-order valence-corrected chi connectivity index (χ3v) is 5.75. The molecule has 1 atom stereocenters. The Morgan fingerprint density at radius 3 is 2.67 bits per heavy atom. The maximum atomic E-state index is 13.3. The van der Waals surface area contributed by atoms with Crippen molar-refractivity contribution in [3.05, 3.63) is 83.6 Å².